The Bertz CT molecular complexity index is 1450. The molecule has 0 saturated carbocycles. The molecule has 9 heteroatoms. The van der Waals surface area contributed by atoms with Crippen molar-refractivity contribution in [1.29, 1.82) is 0 Å². The smallest absolute Gasteiger partial charge is 0.453 e. The number of nitrogens with zero attached hydrogens (tertiary/aromatic N) is 1. The first-order chi connectivity index (χ1) is 16.9. The van der Waals surface area contributed by atoms with Gasteiger partial charge in [-0.1, -0.05) is 36.4 Å². The van der Waals surface area contributed by atoms with E-state index in [-0.39, 0.29) is 18.1 Å². The van der Waals surface area contributed by atoms with Gasteiger partial charge in [0.25, 0.3) is 0 Å². The average molecular weight is 508 g/mol. The molecule has 1 unspecified atom stereocenters. The number of carboxylic acids is 1. The number of carbonyl (C=O) groups excluding carboxylic acids is 1. The van der Waals surface area contributed by atoms with Gasteiger partial charge in [-0.05, 0) is 48.9 Å². The number of fused-ring (bicyclic) bond motifs is 2. The van der Waals surface area contributed by atoms with Gasteiger partial charge in [0.15, 0.2) is 11.5 Å². The second-order valence-electron chi connectivity index (χ2n) is 7.83. The van der Waals surface area contributed by atoms with E-state index in [9.17, 15) is 14.7 Å². The highest BCUT2D eigenvalue weighted by Crippen LogP contribution is 2.43. The summed E-state index contributed by atoms with van der Waals surface area (Å²) in [6.07, 6.45) is 0. The summed E-state index contributed by atoms with van der Waals surface area (Å²) in [5, 5.41) is 12.9. The lowest BCUT2D eigenvalue weighted by molar-refractivity contribution is -0.198. The van der Waals surface area contributed by atoms with Gasteiger partial charge in [0.1, 0.15) is 5.01 Å². The van der Waals surface area contributed by atoms with E-state index in [2.05, 4.69) is 30.3 Å². The molecule has 1 N–H and O–H groups in total. The predicted molar refractivity (Wildman–Crippen MR) is 134 cm³/mol. The number of rotatable bonds is 7. The van der Waals surface area contributed by atoms with Crippen molar-refractivity contribution in [2.75, 3.05) is 6.61 Å². The van der Waals surface area contributed by atoms with Gasteiger partial charge in [0, 0.05) is 21.1 Å². The third-order valence-corrected chi connectivity index (χ3v) is 7.92. The summed E-state index contributed by atoms with van der Waals surface area (Å²) in [6, 6.07) is 19.7. The Hall–Kier alpha value is -3.56. The number of aromatic nitrogens is 1. The topological polar surface area (TPSA) is 95.0 Å². The van der Waals surface area contributed by atoms with Crippen molar-refractivity contribution < 1.29 is 28.9 Å². The van der Waals surface area contributed by atoms with Crippen LogP contribution in [0.1, 0.15) is 17.5 Å². The van der Waals surface area contributed by atoms with Gasteiger partial charge in [-0.2, -0.15) is 0 Å². The van der Waals surface area contributed by atoms with E-state index in [1.165, 1.54) is 10.8 Å². The maximum Gasteiger partial charge on any atom is 0.453 e. The fraction of sp³-hybridized carbons (Fsp3) is 0.192. The third kappa shape index (κ3) is 4.33. The number of carboxylic acid groups (broad SMARTS) is 1. The standard InChI is InChI=1S/C26H21NO6S2/c1-3-31-25(30)26(24(28)29)32-20-11-10-19(13-21(20)33-26)34-14-22-15(2)27-23(35-22)18-9-8-16-6-4-5-7-17(16)12-18/h4-13H,3,14H2,1-2H3,(H,28,29). The van der Waals surface area contributed by atoms with E-state index < -0.39 is 17.7 Å². The minimum Gasteiger partial charge on any atom is -0.475 e. The molecule has 178 valence electrons. The maximum atomic E-state index is 12.2. The molecule has 1 aromatic heterocycles. The number of thioether (sulfide) groups is 1. The molecular weight excluding hydrogens is 486 g/mol. The number of aliphatic carboxylic acids is 1. The number of esters is 1. The molecular formula is C26H21NO6S2. The molecule has 0 saturated heterocycles. The maximum absolute atomic E-state index is 12.2. The first-order valence-corrected chi connectivity index (χ1v) is 12.7. The van der Waals surface area contributed by atoms with Gasteiger partial charge < -0.3 is 19.3 Å². The minimum atomic E-state index is -2.52. The lowest BCUT2D eigenvalue weighted by atomic mass is 10.1. The molecule has 0 fully saturated rings. The van der Waals surface area contributed by atoms with Crippen molar-refractivity contribution in [3.05, 3.63) is 71.2 Å². The van der Waals surface area contributed by atoms with Crippen LogP contribution in [-0.2, 0) is 20.1 Å². The average Bonchev–Trinajstić information content (AvgIpc) is 3.43. The Labute approximate surface area is 209 Å². The van der Waals surface area contributed by atoms with Gasteiger partial charge >= 0.3 is 17.7 Å². The van der Waals surface area contributed by atoms with Crippen molar-refractivity contribution in [3.63, 3.8) is 0 Å². The number of aryl methyl sites for hydroxylation is 1. The molecule has 0 amide bonds. The Morgan fingerprint density at radius 3 is 2.60 bits per heavy atom. The number of ether oxygens (including phenoxy) is 3. The number of benzene rings is 3. The van der Waals surface area contributed by atoms with E-state index in [1.54, 1.807) is 48.2 Å². The number of hydrogen-bond donors (Lipinski definition) is 1. The summed E-state index contributed by atoms with van der Waals surface area (Å²) in [7, 11) is 0. The molecule has 0 radical (unpaired) electrons. The predicted octanol–water partition coefficient (Wildman–Crippen LogP) is 5.68. The third-order valence-electron chi connectivity index (χ3n) is 5.51. The monoisotopic (exact) mass is 507 g/mol. The van der Waals surface area contributed by atoms with E-state index in [0.717, 1.165) is 26.0 Å². The van der Waals surface area contributed by atoms with Crippen LogP contribution >= 0.6 is 23.1 Å². The van der Waals surface area contributed by atoms with Crippen LogP contribution in [0.3, 0.4) is 0 Å². The van der Waals surface area contributed by atoms with Crippen LogP contribution in [0.4, 0.5) is 0 Å². The molecule has 0 spiro atoms. The first-order valence-electron chi connectivity index (χ1n) is 10.9. The van der Waals surface area contributed by atoms with Crippen molar-refractivity contribution in [2.45, 2.75) is 30.3 Å². The number of carbonyl (C=O) groups is 2. The van der Waals surface area contributed by atoms with Crippen LogP contribution in [0.15, 0.2) is 65.6 Å². The van der Waals surface area contributed by atoms with Crippen LogP contribution in [-0.4, -0.2) is 34.4 Å². The molecule has 7 nitrogen and oxygen atoms in total. The largest absolute Gasteiger partial charge is 0.475 e. The normalized spacial score (nSPS) is 16.4. The van der Waals surface area contributed by atoms with E-state index >= 15 is 0 Å². The first kappa shape index (κ1) is 23.2. The van der Waals surface area contributed by atoms with Gasteiger partial charge in [0.2, 0.25) is 0 Å². The zero-order valence-electron chi connectivity index (χ0n) is 18.9. The zero-order valence-corrected chi connectivity index (χ0v) is 20.6. The lowest BCUT2D eigenvalue weighted by Gasteiger charge is -2.19. The SMILES string of the molecule is CCOC(=O)C1(C(=O)O)Oc2ccc(SCc3sc(-c4ccc5ccccc5c4)nc3C)cc2O1. The van der Waals surface area contributed by atoms with E-state index in [1.807, 2.05) is 19.1 Å². The molecule has 35 heavy (non-hydrogen) atoms. The van der Waals surface area contributed by atoms with Crippen LogP contribution in [0.25, 0.3) is 21.3 Å². The molecule has 2 heterocycles. The molecule has 5 rings (SSSR count). The summed E-state index contributed by atoms with van der Waals surface area (Å²) in [6.45, 7) is 3.59. The summed E-state index contributed by atoms with van der Waals surface area (Å²) in [5.41, 5.74) is 2.05. The highest BCUT2D eigenvalue weighted by molar-refractivity contribution is 7.98. The van der Waals surface area contributed by atoms with Crippen LogP contribution in [0.5, 0.6) is 11.5 Å². The molecule has 1 atom stereocenters. The van der Waals surface area contributed by atoms with Gasteiger partial charge in [-0.3, -0.25) is 0 Å². The molecule has 1 aliphatic rings. The van der Waals surface area contributed by atoms with Crippen molar-refractivity contribution in [2.24, 2.45) is 0 Å². The number of hydrogen-bond acceptors (Lipinski definition) is 8. The second kappa shape index (κ2) is 9.24. The van der Waals surface area contributed by atoms with Crippen LogP contribution in [0.2, 0.25) is 0 Å². The molecule has 1 aliphatic heterocycles. The fourth-order valence-electron chi connectivity index (χ4n) is 3.71. The summed E-state index contributed by atoms with van der Waals surface area (Å²) < 4.78 is 15.7. The van der Waals surface area contributed by atoms with E-state index in [4.69, 9.17) is 19.2 Å². The van der Waals surface area contributed by atoms with Crippen molar-refractivity contribution >= 4 is 45.8 Å². The van der Waals surface area contributed by atoms with Gasteiger partial charge in [-0.25, -0.2) is 14.6 Å². The molecule has 3 aromatic carbocycles. The Kier molecular flexibility index (Phi) is 6.12. The summed E-state index contributed by atoms with van der Waals surface area (Å²) in [4.78, 5) is 30.8. The molecule has 0 aliphatic carbocycles. The van der Waals surface area contributed by atoms with Gasteiger partial charge in [-0.15, -0.1) is 23.1 Å². The number of thiazole rings is 1. The minimum absolute atomic E-state index is 0.00737. The highest BCUT2D eigenvalue weighted by atomic mass is 32.2. The lowest BCUT2D eigenvalue weighted by Crippen LogP contribution is -2.55. The van der Waals surface area contributed by atoms with Crippen molar-refractivity contribution in [1.82, 2.24) is 4.98 Å². The zero-order chi connectivity index (χ0) is 24.6. The Morgan fingerprint density at radius 2 is 1.83 bits per heavy atom. The highest BCUT2D eigenvalue weighted by Gasteiger charge is 2.58. The quantitative estimate of drug-likeness (QED) is 0.194. The molecule has 4 aromatic rings. The van der Waals surface area contributed by atoms with Crippen molar-refractivity contribution in [3.8, 4) is 22.1 Å². The fourth-order valence-corrected chi connectivity index (χ4v) is 5.84. The van der Waals surface area contributed by atoms with Crippen LogP contribution < -0.4 is 9.47 Å². The second-order valence-corrected chi connectivity index (χ2v) is 9.97. The van der Waals surface area contributed by atoms with Gasteiger partial charge in [0.05, 0.1) is 12.3 Å². The molecule has 0 bridgehead atoms. The Balaban J connectivity index is 1.32. The Morgan fingerprint density at radius 1 is 1.06 bits per heavy atom. The van der Waals surface area contributed by atoms with E-state index in [0.29, 0.717) is 5.75 Å². The van der Waals surface area contributed by atoms with Crippen LogP contribution in [0, 0.1) is 6.92 Å². The summed E-state index contributed by atoms with van der Waals surface area (Å²) >= 11 is 3.22. The summed E-state index contributed by atoms with van der Waals surface area (Å²) in [5.74, 6) is -4.15.